The standard InChI is InChI=1S/C8H17NO.C3H6/c1-2-3-4-9-5-7-10-8-6-9;1-3-2/h2-8H2,1H3;3H,1H2,2H3. The molecule has 1 aliphatic heterocycles. The van der Waals surface area contributed by atoms with E-state index in [1.807, 2.05) is 6.92 Å². The molecule has 1 fully saturated rings. The van der Waals surface area contributed by atoms with Crippen LogP contribution in [0.15, 0.2) is 12.7 Å². The second kappa shape index (κ2) is 9.75. The number of hydrogen-bond acceptors (Lipinski definition) is 2. The minimum absolute atomic E-state index is 0.934. The van der Waals surface area contributed by atoms with Crippen LogP contribution in [0.3, 0.4) is 0 Å². The van der Waals surface area contributed by atoms with Crippen molar-refractivity contribution in [1.82, 2.24) is 4.90 Å². The van der Waals surface area contributed by atoms with Crippen molar-refractivity contribution in [3.05, 3.63) is 12.7 Å². The number of hydrogen-bond donors (Lipinski definition) is 0. The second-order valence-corrected chi connectivity index (χ2v) is 3.22. The monoisotopic (exact) mass is 185 g/mol. The van der Waals surface area contributed by atoms with Crippen LogP contribution in [0.5, 0.6) is 0 Å². The molecular formula is C11H23NO. The van der Waals surface area contributed by atoms with Gasteiger partial charge in [-0.2, -0.15) is 0 Å². The zero-order valence-corrected chi connectivity index (χ0v) is 9.09. The molecule has 0 atom stereocenters. The van der Waals surface area contributed by atoms with Crippen LogP contribution in [0.4, 0.5) is 0 Å². The SMILES string of the molecule is C=CC.CCCCN1CCOCC1. The Morgan fingerprint density at radius 3 is 2.38 bits per heavy atom. The van der Waals surface area contributed by atoms with Gasteiger partial charge in [0.1, 0.15) is 0 Å². The summed E-state index contributed by atoms with van der Waals surface area (Å²) in [7, 11) is 0. The Kier molecular flexibility index (Phi) is 9.49. The van der Waals surface area contributed by atoms with Crippen LogP contribution in [0.1, 0.15) is 26.7 Å². The van der Waals surface area contributed by atoms with Crippen LogP contribution in [0.2, 0.25) is 0 Å². The number of allylic oxidation sites excluding steroid dienone is 1. The van der Waals surface area contributed by atoms with Gasteiger partial charge in [-0.3, -0.25) is 4.90 Å². The minimum atomic E-state index is 0.934. The van der Waals surface area contributed by atoms with Gasteiger partial charge < -0.3 is 4.74 Å². The summed E-state index contributed by atoms with van der Waals surface area (Å²) in [5.41, 5.74) is 0. The van der Waals surface area contributed by atoms with E-state index in [1.54, 1.807) is 6.08 Å². The molecule has 1 saturated heterocycles. The molecule has 0 aromatic heterocycles. The van der Waals surface area contributed by atoms with Crippen LogP contribution >= 0.6 is 0 Å². The zero-order chi connectivity index (χ0) is 9.94. The summed E-state index contributed by atoms with van der Waals surface area (Å²) in [6.07, 6.45) is 4.39. The fourth-order valence-corrected chi connectivity index (χ4v) is 1.21. The summed E-state index contributed by atoms with van der Waals surface area (Å²) < 4.78 is 5.24. The van der Waals surface area contributed by atoms with Gasteiger partial charge in [0.25, 0.3) is 0 Å². The third-order valence-electron chi connectivity index (χ3n) is 1.93. The molecule has 0 spiro atoms. The zero-order valence-electron chi connectivity index (χ0n) is 9.09. The Morgan fingerprint density at radius 1 is 1.38 bits per heavy atom. The molecule has 0 saturated carbocycles. The Balaban J connectivity index is 0.000000424. The first-order valence-corrected chi connectivity index (χ1v) is 5.22. The van der Waals surface area contributed by atoms with Crippen molar-refractivity contribution in [3.8, 4) is 0 Å². The average molecular weight is 185 g/mol. The molecule has 0 aromatic carbocycles. The van der Waals surface area contributed by atoms with Gasteiger partial charge >= 0.3 is 0 Å². The molecule has 2 nitrogen and oxygen atoms in total. The van der Waals surface area contributed by atoms with Crippen molar-refractivity contribution < 1.29 is 4.74 Å². The van der Waals surface area contributed by atoms with Crippen molar-refractivity contribution in [2.45, 2.75) is 26.7 Å². The van der Waals surface area contributed by atoms with Gasteiger partial charge in [-0.1, -0.05) is 19.4 Å². The quantitative estimate of drug-likeness (QED) is 0.626. The third-order valence-corrected chi connectivity index (χ3v) is 1.93. The summed E-state index contributed by atoms with van der Waals surface area (Å²) in [5.74, 6) is 0. The van der Waals surface area contributed by atoms with Crippen LogP contribution in [-0.4, -0.2) is 37.7 Å². The molecule has 0 radical (unpaired) electrons. The lowest BCUT2D eigenvalue weighted by atomic mass is 10.3. The van der Waals surface area contributed by atoms with Crippen LogP contribution in [0.25, 0.3) is 0 Å². The molecule has 13 heavy (non-hydrogen) atoms. The molecule has 78 valence electrons. The van der Waals surface area contributed by atoms with Crippen molar-refractivity contribution in [2.24, 2.45) is 0 Å². The molecule has 0 aromatic rings. The number of rotatable bonds is 3. The lowest BCUT2D eigenvalue weighted by Gasteiger charge is -2.26. The van der Waals surface area contributed by atoms with E-state index in [1.165, 1.54) is 19.4 Å². The summed E-state index contributed by atoms with van der Waals surface area (Å²) in [4.78, 5) is 2.48. The lowest BCUT2D eigenvalue weighted by Crippen LogP contribution is -2.36. The molecule has 2 heteroatoms. The smallest absolute Gasteiger partial charge is 0.0594 e. The van der Waals surface area contributed by atoms with E-state index in [9.17, 15) is 0 Å². The molecule has 0 amide bonds. The van der Waals surface area contributed by atoms with E-state index < -0.39 is 0 Å². The normalized spacial score (nSPS) is 17.4. The summed E-state index contributed by atoms with van der Waals surface area (Å²) in [6, 6.07) is 0. The van der Waals surface area contributed by atoms with E-state index in [0.29, 0.717) is 0 Å². The maximum atomic E-state index is 5.24. The van der Waals surface area contributed by atoms with Gasteiger partial charge in [0.15, 0.2) is 0 Å². The second-order valence-electron chi connectivity index (χ2n) is 3.22. The van der Waals surface area contributed by atoms with Gasteiger partial charge in [-0.05, 0) is 19.9 Å². The van der Waals surface area contributed by atoms with Gasteiger partial charge in [0.2, 0.25) is 0 Å². The Bertz CT molecular complexity index is 109. The number of unbranched alkanes of at least 4 members (excludes halogenated alkanes) is 1. The van der Waals surface area contributed by atoms with Crippen molar-refractivity contribution >= 4 is 0 Å². The highest BCUT2D eigenvalue weighted by atomic mass is 16.5. The summed E-state index contributed by atoms with van der Waals surface area (Å²) >= 11 is 0. The average Bonchev–Trinajstić information content (AvgIpc) is 2.18. The van der Waals surface area contributed by atoms with E-state index in [4.69, 9.17) is 4.74 Å². The highest BCUT2D eigenvalue weighted by Gasteiger charge is 2.07. The summed E-state index contributed by atoms with van der Waals surface area (Å²) in [5, 5.41) is 0. The van der Waals surface area contributed by atoms with E-state index in [2.05, 4.69) is 18.4 Å². The van der Waals surface area contributed by atoms with Crippen LogP contribution < -0.4 is 0 Å². The van der Waals surface area contributed by atoms with Gasteiger partial charge in [-0.25, -0.2) is 0 Å². The molecule has 0 aliphatic carbocycles. The first kappa shape index (κ1) is 12.7. The molecule has 0 bridgehead atoms. The Hall–Kier alpha value is -0.340. The van der Waals surface area contributed by atoms with Gasteiger partial charge in [0.05, 0.1) is 13.2 Å². The Morgan fingerprint density at radius 2 is 1.92 bits per heavy atom. The molecule has 1 aliphatic rings. The van der Waals surface area contributed by atoms with E-state index >= 15 is 0 Å². The molecule has 1 rings (SSSR count). The van der Waals surface area contributed by atoms with Crippen molar-refractivity contribution in [1.29, 1.82) is 0 Å². The summed E-state index contributed by atoms with van der Waals surface area (Å²) in [6.45, 7) is 12.9. The number of nitrogens with zero attached hydrogens (tertiary/aromatic N) is 1. The van der Waals surface area contributed by atoms with E-state index in [0.717, 1.165) is 26.3 Å². The van der Waals surface area contributed by atoms with Gasteiger partial charge in [-0.15, -0.1) is 6.58 Å². The fraction of sp³-hybridized carbons (Fsp3) is 0.818. The largest absolute Gasteiger partial charge is 0.379 e. The van der Waals surface area contributed by atoms with Crippen molar-refractivity contribution in [3.63, 3.8) is 0 Å². The predicted molar refractivity (Wildman–Crippen MR) is 58.0 cm³/mol. The third kappa shape index (κ3) is 8.00. The minimum Gasteiger partial charge on any atom is -0.379 e. The topological polar surface area (TPSA) is 12.5 Å². The molecular weight excluding hydrogens is 162 g/mol. The van der Waals surface area contributed by atoms with Crippen LogP contribution in [-0.2, 0) is 4.74 Å². The number of morpholine rings is 1. The number of ether oxygens (including phenoxy) is 1. The maximum Gasteiger partial charge on any atom is 0.0594 e. The molecule has 0 N–H and O–H groups in total. The lowest BCUT2D eigenvalue weighted by molar-refractivity contribution is 0.0373. The van der Waals surface area contributed by atoms with Crippen LogP contribution in [0, 0.1) is 0 Å². The highest BCUT2D eigenvalue weighted by Crippen LogP contribution is 1.98. The van der Waals surface area contributed by atoms with Gasteiger partial charge in [0, 0.05) is 13.1 Å². The molecule has 1 heterocycles. The Labute approximate surface area is 82.6 Å². The van der Waals surface area contributed by atoms with Crippen molar-refractivity contribution in [2.75, 3.05) is 32.8 Å². The fourth-order valence-electron chi connectivity index (χ4n) is 1.21. The van der Waals surface area contributed by atoms with E-state index in [-0.39, 0.29) is 0 Å². The first-order chi connectivity index (χ1) is 6.35. The highest BCUT2D eigenvalue weighted by molar-refractivity contribution is 4.60. The maximum absolute atomic E-state index is 5.24. The molecule has 0 unspecified atom stereocenters. The predicted octanol–water partition coefficient (Wildman–Crippen LogP) is 2.31. The first-order valence-electron chi connectivity index (χ1n) is 5.22.